The number of rotatable bonds is 1. The first-order chi connectivity index (χ1) is 8.76. The zero-order valence-corrected chi connectivity index (χ0v) is 9.88. The van der Waals surface area contributed by atoms with E-state index in [9.17, 15) is 0 Å². The Morgan fingerprint density at radius 3 is 2.44 bits per heavy atom. The predicted octanol–water partition coefficient (Wildman–Crippen LogP) is 3.34. The molecule has 0 bridgehead atoms. The maximum absolute atomic E-state index is 8.75. The number of nitriles is 1. The van der Waals surface area contributed by atoms with Gasteiger partial charge >= 0.3 is 0 Å². The molecule has 0 fully saturated rings. The van der Waals surface area contributed by atoms with Crippen LogP contribution in [0.3, 0.4) is 0 Å². The molecular weight excluding hydrogens is 226 g/mol. The fourth-order valence-corrected chi connectivity index (χ4v) is 1.91. The van der Waals surface area contributed by atoms with Crippen LogP contribution in [0.1, 0.15) is 23.0 Å². The van der Waals surface area contributed by atoms with Crippen LogP contribution < -0.4 is 9.47 Å². The highest BCUT2D eigenvalue weighted by Crippen LogP contribution is 2.40. The minimum absolute atomic E-state index is 0.422. The minimum Gasteiger partial charge on any atom is -0.447 e. The minimum atomic E-state index is -0.422. The topological polar surface area (TPSA) is 42.2 Å². The van der Waals surface area contributed by atoms with E-state index < -0.39 is 6.29 Å². The van der Waals surface area contributed by atoms with Gasteiger partial charge in [0.15, 0.2) is 11.5 Å². The van der Waals surface area contributed by atoms with Crippen molar-refractivity contribution in [3.05, 3.63) is 59.2 Å². The molecule has 3 heteroatoms. The van der Waals surface area contributed by atoms with Crippen molar-refractivity contribution in [2.24, 2.45) is 0 Å². The highest BCUT2D eigenvalue weighted by atomic mass is 16.7. The van der Waals surface area contributed by atoms with E-state index in [0.717, 1.165) is 22.6 Å². The van der Waals surface area contributed by atoms with Crippen LogP contribution >= 0.6 is 0 Å². The van der Waals surface area contributed by atoms with E-state index in [4.69, 9.17) is 14.7 Å². The largest absolute Gasteiger partial charge is 0.447 e. The van der Waals surface area contributed by atoms with Gasteiger partial charge in [-0.05, 0) is 36.8 Å². The van der Waals surface area contributed by atoms with Gasteiger partial charge < -0.3 is 9.47 Å². The van der Waals surface area contributed by atoms with Crippen molar-refractivity contribution in [1.82, 2.24) is 0 Å². The summed E-state index contributed by atoms with van der Waals surface area (Å²) in [7, 11) is 0. The van der Waals surface area contributed by atoms with E-state index in [1.807, 2.05) is 37.3 Å². The van der Waals surface area contributed by atoms with Gasteiger partial charge in [0.05, 0.1) is 11.6 Å². The van der Waals surface area contributed by atoms with Gasteiger partial charge in [0.25, 0.3) is 6.29 Å². The first-order valence-electron chi connectivity index (χ1n) is 5.70. The van der Waals surface area contributed by atoms with Crippen molar-refractivity contribution in [2.45, 2.75) is 13.2 Å². The van der Waals surface area contributed by atoms with E-state index in [1.54, 1.807) is 12.1 Å². The van der Waals surface area contributed by atoms with Gasteiger partial charge in [-0.15, -0.1) is 0 Å². The molecule has 2 aromatic rings. The third-order valence-corrected chi connectivity index (χ3v) is 2.88. The lowest BCUT2D eigenvalue weighted by Crippen LogP contribution is -2.07. The molecule has 2 aromatic carbocycles. The maximum atomic E-state index is 8.75. The highest BCUT2D eigenvalue weighted by molar-refractivity contribution is 5.46. The summed E-state index contributed by atoms with van der Waals surface area (Å²) in [6, 6.07) is 15.2. The number of hydrogen-bond donors (Lipinski definition) is 0. The number of benzene rings is 2. The molecule has 0 saturated heterocycles. The summed E-state index contributed by atoms with van der Waals surface area (Å²) in [5.41, 5.74) is 2.67. The third-order valence-electron chi connectivity index (χ3n) is 2.88. The van der Waals surface area contributed by atoms with Crippen LogP contribution in [0, 0.1) is 18.3 Å². The smallest absolute Gasteiger partial charge is 0.267 e. The van der Waals surface area contributed by atoms with Crippen LogP contribution in [0.2, 0.25) is 0 Å². The Balaban J connectivity index is 1.87. The summed E-state index contributed by atoms with van der Waals surface area (Å²) in [5, 5.41) is 8.75. The van der Waals surface area contributed by atoms with Gasteiger partial charge in [-0.25, -0.2) is 0 Å². The Kier molecular flexibility index (Phi) is 2.42. The second kappa shape index (κ2) is 4.08. The lowest BCUT2D eigenvalue weighted by atomic mass is 10.1. The quantitative estimate of drug-likeness (QED) is 0.763. The number of nitrogens with zero attached hydrogens (tertiary/aromatic N) is 1. The Bertz CT molecular complexity index is 626. The van der Waals surface area contributed by atoms with E-state index in [-0.39, 0.29) is 0 Å². The number of fused-ring (bicyclic) bond motifs is 1. The van der Waals surface area contributed by atoms with Crippen LogP contribution in [0.4, 0.5) is 0 Å². The summed E-state index contributed by atoms with van der Waals surface area (Å²) < 4.78 is 11.5. The standard InChI is InChI=1S/C15H11NO2/c1-10-2-7-13-14(8-10)18-15(17-13)12-5-3-11(9-16)4-6-12/h2-8,15H,1H3. The molecule has 3 nitrogen and oxygen atoms in total. The van der Waals surface area contributed by atoms with Gasteiger partial charge in [0.2, 0.25) is 0 Å². The van der Waals surface area contributed by atoms with Crippen molar-refractivity contribution in [1.29, 1.82) is 5.26 Å². The number of hydrogen-bond acceptors (Lipinski definition) is 3. The fourth-order valence-electron chi connectivity index (χ4n) is 1.91. The van der Waals surface area contributed by atoms with E-state index in [2.05, 4.69) is 6.07 Å². The van der Waals surface area contributed by atoms with Gasteiger partial charge in [-0.2, -0.15) is 5.26 Å². The van der Waals surface area contributed by atoms with Gasteiger partial charge in [-0.3, -0.25) is 0 Å². The maximum Gasteiger partial charge on any atom is 0.267 e. The fraction of sp³-hybridized carbons (Fsp3) is 0.133. The first-order valence-corrected chi connectivity index (χ1v) is 5.70. The molecule has 0 aromatic heterocycles. The van der Waals surface area contributed by atoms with Gasteiger partial charge in [0.1, 0.15) is 0 Å². The summed E-state index contributed by atoms with van der Waals surface area (Å²) in [4.78, 5) is 0. The molecule has 0 aliphatic carbocycles. The van der Waals surface area contributed by atoms with Crippen molar-refractivity contribution < 1.29 is 9.47 Å². The molecule has 1 aliphatic heterocycles. The van der Waals surface area contributed by atoms with Crippen LogP contribution in [0.15, 0.2) is 42.5 Å². The number of aryl methyl sites for hydroxylation is 1. The first kappa shape index (κ1) is 10.7. The normalized spacial score (nSPS) is 16.3. The van der Waals surface area contributed by atoms with Crippen LogP contribution in [-0.4, -0.2) is 0 Å². The molecule has 0 radical (unpaired) electrons. The Morgan fingerprint density at radius 2 is 1.72 bits per heavy atom. The number of ether oxygens (including phenoxy) is 2. The Morgan fingerprint density at radius 1 is 1.00 bits per heavy atom. The van der Waals surface area contributed by atoms with Crippen LogP contribution in [0.25, 0.3) is 0 Å². The zero-order valence-electron chi connectivity index (χ0n) is 9.88. The highest BCUT2D eigenvalue weighted by Gasteiger charge is 2.25. The monoisotopic (exact) mass is 237 g/mol. The zero-order chi connectivity index (χ0) is 12.5. The molecule has 0 saturated carbocycles. The second-order valence-electron chi connectivity index (χ2n) is 4.25. The van der Waals surface area contributed by atoms with Crippen LogP contribution in [0.5, 0.6) is 11.5 Å². The van der Waals surface area contributed by atoms with E-state index >= 15 is 0 Å². The average molecular weight is 237 g/mol. The summed E-state index contributed by atoms with van der Waals surface area (Å²) in [6.45, 7) is 2.01. The predicted molar refractivity (Wildman–Crippen MR) is 66.3 cm³/mol. The van der Waals surface area contributed by atoms with E-state index in [0.29, 0.717) is 5.56 Å². The summed E-state index contributed by atoms with van der Waals surface area (Å²) >= 11 is 0. The van der Waals surface area contributed by atoms with Crippen molar-refractivity contribution in [2.75, 3.05) is 0 Å². The molecule has 1 atom stereocenters. The third kappa shape index (κ3) is 1.78. The Hall–Kier alpha value is -2.47. The lowest BCUT2D eigenvalue weighted by Gasteiger charge is -2.10. The van der Waals surface area contributed by atoms with Crippen LogP contribution in [-0.2, 0) is 0 Å². The molecule has 1 heterocycles. The second-order valence-corrected chi connectivity index (χ2v) is 4.25. The molecular formula is C15H11NO2. The molecule has 1 unspecified atom stereocenters. The Labute approximate surface area is 105 Å². The average Bonchev–Trinajstić information content (AvgIpc) is 2.81. The molecule has 0 amide bonds. The molecule has 3 rings (SSSR count). The molecule has 18 heavy (non-hydrogen) atoms. The summed E-state index contributed by atoms with van der Waals surface area (Å²) in [6.07, 6.45) is -0.422. The van der Waals surface area contributed by atoms with E-state index in [1.165, 1.54) is 0 Å². The summed E-state index contributed by atoms with van der Waals surface area (Å²) in [5.74, 6) is 1.53. The SMILES string of the molecule is Cc1ccc2c(c1)OC(c1ccc(C#N)cc1)O2. The van der Waals surface area contributed by atoms with Crippen molar-refractivity contribution >= 4 is 0 Å². The van der Waals surface area contributed by atoms with Gasteiger partial charge in [-0.1, -0.05) is 18.2 Å². The van der Waals surface area contributed by atoms with Crippen molar-refractivity contribution in [3.8, 4) is 17.6 Å². The van der Waals surface area contributed by atoms with Crippen molar-refractivity contribution in [3.63, 3.8) is 0 Å². The van der Waals surface area contributed by atoms with Gasteiger partial charge in [0, 0.05) is 5.56 Å². The molecule has 0 spiro atoms. The molecule has 88 valence electrons. The molecule has 1 aliphatic rings. The molecule has 0 N–H and O–H groups in total. The lowest BCUT2D eigenvalue weighted by molar-refractivity contribution is 0.0487.